The van der Waals surface area contributed by atoms with E-state index in [1.807, 2.05) is 0 Å². The van der Waals surface area contributed by atoms with Crippen LogP contribution in [0, 0.1) is 0 Å². The van der Waals surface area contributed by atoms with Gasteiger partial charge in [-0.05, 0) is 144 Å². The Morgan fingerprint density at radius 2 is 1.01 bits per heavy atom. The number of nitrogens with zero attached hydrogens (tertiary/aromatic N) is 2. The van der Waals surface area contributed by atoms with Gasteiger partial charge in [0.2, 0.25) is 0 Å². The molecule has 0 amide bonds. The van der Waals surface area contributed by atoms with Crippen LogP contribution in [-0.4, -0.2) is 15.8 Å². The van der Waals surface area contributed by atoms with Gasteiger partial charge in [-0.15, -0.1) is 0 Å². The molecule has 1 spiro atoms. The fourth-order valence-corrected chi connectivity index (χ4v) is 14.5. The monoisotopic (exact) mass is 898 g/mol. The maximum absolute atomic E-state index is 2.81. The van der Waals surface area contributed by atoms with E-state index in [4.69, 9.17) is 0 Å². The number of hydrogen-bond acceptors (Lipinski definition) is 0. The number of rotatable bonds is 8. The van der Waals surface area contributed by atoms with Crippen molar-refractivity contribution in [3.63, 3.8) is 0 Å². The van der Waals surface area contributed by atoms with Gasteiger partial charge in [0.15, 0.2) is 0 Å². The maximum atomic E-state index is 2.81. The zero-order valence-electron chi connectivity index (χ0n) is 41.0. The summed E-state index contributed by atoms with van der Waals surface area (Å²) in [7, 11) is 0. The Labute approximate surface area is 411 Å². The van der Waals surface area contributed by atoms with Crippen molar-refractivity contribution in [2.75, 3.05) is 0 Å². The molecule has 0 fully saturated rings. The number of aromatic nitrogens is 2. The second-order valence-electron chi connectivity index (χ2n) is 21.6. The van der Waals surface area contributed by atoms with Crippen LogP contribution in [0.25, 0.3) is 88.4 Å². The van der Waals surface area contributed by atoms with Gasteiger partial charge in [0.25, 0.3) is 6.71 Å². The highest BCUT2D eigenvalue weighted by atomic mass is 15.1. The Bertz CT molecular complexity index is 4040. The van der Waals surface area contributed by atoms with Crippen molar-refractivity contribution in [1.29, 1.82) is 0 Å². The first-order valence-electron chi connectivity index (χ1n) is 26.1. The standard InChI is InChI=1S/C67H55BN2/c1-7-65(5,8-2)43-36-48-49-37-44(66(6,9-3)10-4)39-55-62(49)70-61(48)54(38-43)67(51-31-21-19-29-46(51)47-30-20-22-32-52(47)67)53-33-34-56-59(64(53)70)68(55)58-45-28-18-17-27-42(45)35-50-57(40-23-13-11-14-24-40)60(69(56)63(50)58)41-25-15-12-16-26-41/h11-39H,7-10H2,1-6H3. The summed E-state index contributed by atoms with van der Waals surface area (Å²) in [4.78, 5) is 0. The second-order valence-corrected chi connectivity index (χ2v) is 21.6. The van der Waals surface area contributed by atoms with Gasteiger partial charge < -0.3 is 9.13 Å². The summed E-state index contributed by atoms with van der Waals surface area (Å²) in [6, 6.07) is 68.9. The van der Waals surface area contributed by atoms with Gasteiger partial charge in [-0.1, -0.05) is 193 Å². The van der Waals surface area contributed by atoms with Crippen molar-refractivity contribution >= 4 is 66.6 Å². The van der Waals surface area contributed by atoms with Crippen LogP contribution < -0.4 is 16.4 Å². The lowest BCUT2D eigenvalue weighted by Gasteiger charge is -2.44. The molecular weight excluding hydrogens is 844 g/mol. The van der Waals surface area contributed by atoms with Crippen molar-refractivity contribution < 1.29 is 0 Å². The SMILES string of the molecule is CCC(C)(CC)c1cc2c3c(c1)c1cc(C(C)(CC)CC)cc4c1n3-c1c(ccc3c1B2c1c2ccccc2cc2c(-c5ccccc5)c(-c5ccccc5)n-3c12)C41c2ccccc2-c2ccccc21. The van der Waals surface area contributed by atoms with Gasteiger partial charge in [0, 0.05) is 38.6 Å². The minimum Gasteiger partial charge on any atom is -0.310 e. The normalized spacial score (nSPS) is 14.5. The number of benzene rings is 9. The van der Waals surface area contributed by atoms with Crippen LogP contribution in [0.3, 0.4) is 0 Å². The van der Waals surface area contributed by atoms with E-state index in [1.165, 1.54) is 138 Å². The summed E-state index contributed by atoms with van der Waals surface area (Å²) in [5, 5.41) is 6.74. The first-order valence-corrected chi connectivity index (χ1v) is 26.1. The first kappa shape index (κ1) is 40.5. The average Bonchev–Trinajstić information content (AvgIpc) is 4.05. The molecule has 2 aromatic heterocycles. The molecule has 3 heteroatoms. The Morgan fingerprint density at radius 1 is 0.443 bits per heavy atom. The minimum atomic E-state index is -0.548. The zero-order valence-corrected chi connectivity index (χ0v) is 41.0. The van der Waals surface area contributed by atoms with Gasteiger partial charge in [-0.3, -0.25) is 0 Å². The van der Waals surface area contributed by atoms with Crippen molar-refractivity contribution in [1.82, 2.24) is 9.13 Å². The van der Waals surface area contributed by atoms with Gasteiger partial charge in [-0.25, -0.2) is 0 Å². The quantitative estimate of drug-likeness (QED) is 0.135. The fourth-order valence-electron chi connectivity index (χ4n) is 14.5. The summed E-state index contributed by atoms with van der Waals surface area (Å²) in [5.41, 5.74) is 26.7. The Hall–Kier alpha value is -7.36. The highest BCUT2D eigenvalue weighted by molar-refractivity contribution is 7.01. The first-order chi connectivity index (χ1) is 34.3. The molecule has 70 heavy (non-hydrogen) atoms. The fraction of sp³-hybridized carbons (Fsp3) is 0.194. The second kappa shape index (κ2) is 13.9. The van der Waals surface area contributed by atoms with Crippen LogP contribution in [0.5, 0.6) is 0 Å². The van der Waals surface area contributed by atoms with Crippen LogP contribution >= 0.6 is 0 Å². The van der Waals surface area contributed by atoms with E-state index >= 15 is 0 Å². The molecule has 2 nitrogen and oxygen atoms in total. The predicted molar refractivity (Wildman–Crippen MR) is 297 cm³/mol. The van der Waals surface area contributed by atoms with Gasteiger partial charge in [0.1, 0.15) is 0 Å². The Balaban J connectivity index is 1.24. The molecule has 9 aromatic carbocycles. The molecule has 15 rings (SSSR count). The molecule has 0 saturated heterocycles. The van der Waals surface area contributed by atoms with E-state index in [2.05, 4.69) is 227 Å². The van der Waals surface area contributed by atoms with Crippen molar-refractivity contribution in [2.24, 2.45) is 0 Å². The molecule has 0 atom stereocenters. The van der Waals surface area contributed by atoms with Crippen molar-refractivity contribution in [2.45, 2.75) is 83.5 Å². The Morgan fingerprint density at radius 3 is 1.67 bits per heavy atom. The summed E-state index contributed by atoms with van der Waals surface area (Å²) >= 11 is 0. The Kier molecular flexibility index (Phi) is 8.06. The highest BCUT2D eigenvalue weighted by Gasteiger charge is 2.55. The number of fused-ring (bicyclic) bond motifs is 13. The third-order valence-corrected chi connectivity index (χ3v) is 18.9. The smallest absolute Gasteiger partial charge is 0.253 e. The largest absolute Gasteiger partial charge is 0.310 e. The van der Waals surface area contributed by atoms with E-state index in [0.717, 1.165) is 25.7 Å². The van der Waals surface area contributed by atoms with Gasteiger partial charge in [0.05, 0.1) is 22.1 Å². The van der Waals surface area contributed by atoms with Crippen LogP contribution in [0.1, 0.15) is 101 Å². The molecule has 0 unspecified atom stereocenters. The van der Waals surface area contributed by atoms with E-state index < -0.39 is 5.41 Å². The van der Waals surface area contributed by atoms with E-state index in [1.54, 1.807) is 0 Å². The molecule has 5 heterocycles. The van der Waals surface area contributed by atoms with Crippen molar-refractivity contribution in [3.8, 4) is 44.9 Å². The molecule has 1 aliphatic carbocycles. The minimum absolute atomic E-state index is 0.000510. The molecular formula is C67H55BN2. The molecule has 0 saturated carbocycles. The summed E-state index contributed by atoms with van der Waals surface area (Å²) in [5.74, 6) is 0. The predicted octanol–water partition coefficient (Wildman–Crippen LogP) is 15.2. The van der Waals surface area contributed by atoms with E-state index in [-0.39, 0.29) is 17.5 Å². The van der Waals surface area contributed by atoms with E-state index in [0.29, 0.717) is 0 Å². The van der Waals surface area contributed by atoms with Gasteiger partial charge >= 0.3 is 0 Å². The maximum Gasteiger partial charge on any atom is 0.253 e. The van der Waals surface area contributed by atoms with Crippen LogP contribution in [0.2, 0.25) is 0 Å². The number of hydrogen-bond donors (Lipinski definition) is 0. The zero-order chi connectivity index (χ0) is 47.0. The molecule has 336 valence electrons. The lowest BCUT2D eigenvalue weighted by Crippen LogP contribution is -2.61. The molecule has 0 radical (unpaired) electrons. The van der Waals surface area contributed by atoms with Crippen LogP contribution in [0.15, 0.2) is 176 Å². The lowest BCUT2D eigenvalue weighted by molar-refractivity contribution is 0.438. The lowest BCUT2D eigenvalue weighted by atomic mass is 9.33. The van der Waals surface area contributed by atoms with Crippen LogP contribution in [0.4, 0.5) is 0 Å². The molecule has 3 aliphatic heterocycles. The third-order valence-electron chi connectivity index (χ3n) is 18.9. The van der Waals surface area contributed by atoms with Crippen molar-refractivity contribution in [3.05, 3.63) is 209 Å². The topological polar surface area (TPSA) is 9.86 Å². The molecule has 0 bridgehead atoms. The summed E-state index contributed by atoms with van der Waals surface area (Å²) in [6.45, 7) is 14.6. The van der Waals surface area contributed by atoms with Crippen LogP contribution in [-0.2, 0) is 16.2 Å². The molecule has 0 N–H and O–H groups in total. The highest BCUT2D eigenvalue weighted by Crippen LogP contribution is 2.62. The third kappa shape index (κ3) is 4.68. The average molecular weight is 899 g/mol. The molecule has 11 aromatic rings. The molecule has 4 aliphatic rings. The van der Waals surface area contributed by atoms with E-state index in [9.17, 15) is 0 Å². The van der Waals surface area contributed by atoms with Gasteiger partial charge in [-0.2, -0.15) is 0 Å². The summed E-state index contributed by atoms with van der Waals surface area (Å²) in [6.07, 6.45) is 4.29. The summed E-state index contributed by atoms with van der Waals surface area (Å²) < 4.78 is 5.52.